The maximum absolute atomic E-state index is 12.8. The third kappa shape index (κ3) is 3.71. The second kappa shape index (κ2) is 7.63. The zero-order chi connectivity index (χ0) is 20.4. The van der Waals surface area contributed by atoms with E-state index >= 15 is 0 Å². The van der Waals surface area contributed by atoms with Crippen LogP contribution in [0.5, 0.6) is 0 Å². The molecule has 1 saturated carbocycles. The molecule has 0 amide bonds. The summed E-state index contributed by atoms with van der Waals surface area (Å²) in [5.41, 5.74) is 0.759. The van der Waals surface area contributed by atoms with Gasteiger partial charge in [-0.25, -0.2) is 0 Å². The van der Waals surface area contributed by atoms with Crippen LogP contribution in [-0.4, -0.2) is 21.0 Å². The maximum atomic E-state index is 12.8. The van der Waals surface area contributed by atoms with Crippen molar-refractivity contribution in [2.24, 2.45) is 0 Å². The first-order valence-electron chi connectivity index (χ1n) is 8.99. The van der Waals surface area contributed by atoms with Crippen LogP contribution in [-0.2, 0) is 21.6 Å². The second-order valence-corrected chi connectivity index (χ2v) is 7.27. The summed E-state index contributed by atoms with van der Waals surface area (Å²) < 4.78 is 10.6. The van der Waals surface area contributed by atoms with Gasteiger partial charge in [0, 0.05) is 22.7 Å². The lowest BCUT2D eigenvalue weighted by atomic mass is 9.64. The number of nitro benzene ring substituents is 1. The summed E-state index contributed by atoms with van der Waals surface area (Å²) in [6.45, 7) is -0.145. The average molecular weight is 414 g/mol. The topological polar surface area (TPSA) is 108 Å². The molecule has 2 aromatic carbocycles. The van der Waals surface area contributed by atoms with Crippen molar-refractivity contribution in [3.63, 3.8) is 0 Å². The number of benzene rings is 2. The van der Waals surface area contributed by atoms with Crippen LogP contribution in [0.3, 0.4) is 0 Å². The van der Waals surface area contributed by atoms with E-state index < -0.39 is 10.3 Å². The number of carbonyl (C=O) groups is 1. The van der Waals surface area contributed by atoms with Crippen LogP contribution in [0.15, 0.2) is 53.1 Å². The highest BCUT2D eigenvalue weighted by atomic mass is 35.5. The Hall–Kier alpha value is -3.26. The van der Waals surface area contributed by atoms with Gasteiger partial charge < -0.3 is 9.26 Å². The van der Waals surface area contributed by atoms with E-state index in [9.17, 15) is 14.9 Å². The number of rotatable bonds is 6. The van der Waals surface area contributed by atoms with E-state index in [1.54, 1.807) is 12.1 Å². The fourth-order valence-electron chi connectivity index (χ4n) is 3.34. The Balaban J connectivity index is 1.43. The van der Waals surface area contributed by atoms with Gasteiger partial charge in [-0.3, -0.25) is 14.9 Å². The Morgan fingerprint density at radius 1 is 1.17 bits per heavy atom. The van der Waals surface area contributed by atoms with Crippen LogP contribution in [0.25, 0.3) is 11.4 Å². The van der Waals surface area contributed by atoms with Crippen molar-refractivity contribution >= 4 is 23.3 Å². The number of non-ortho nitro benzene ring substituents is 1. The summed E-state index contributed by atoms with van der Waals surface area (Å²) in [7, 11) is 0. The number of nitrogens with zero attached hydrogens (tertiary/aromatic N) is 3. The Morgan fingerprint density at radius 3 is 2.45 bits per heavy atom. The molecule has 3 aromatic rings. The van der Waals surface area contributed by atoms with Crippen molar-refractivity contribution < 1.29 is 19.0 Å². The summed E-state index contributed by atoms with van der Waals surface area (Å²) in [5, 5.41) is 15.2. The fourth-order valence-corrected chi connectivity index (χ4v) is 3.46. The number of ether oxygens (including phenoxy) is 1. The van der Waals surface area contributed by atoms with Gasteiger partial charge in [-0.1, -0.05) is 35.3 Å². The zero-order valence-corrected chi connectivity index (χ0v) is 16.0. The second-order valence-electron chi connectivity index (χ2n) is 6.83. The molecule has 0 aliphatic heterocycles. The molecule has 1 heterocycles. The molecule has 9 heteroatoms. The van der Waals surface area contributed by atoms with Gasteiger partial charge in [-0.2, -0.15) is 4.98 Å². The predicted molar refractivity (Wildman–Crippen MR) is 103 cm³/mol. The minimum absolute atomic E-state index is 0.0283. The molecule has 0 saturated heterocycles. The number of esters is 1. The Kier molecular flexibility index (Phi) is 5.02. The number of carbonyl (C=O) groups excluding carboxylic acids is 1. The number of nitro groups is 1. The SMILES string of the molecule is O=C(OCc1nc(-c2ccc([N+](=O)[O-])cc2)no1)C1(c2ccc(Cl)cc2)CCC1. The van der Waals surface area contributed by atoms with Gasteiger partial charge in [0.1, 0.15) is 0 Å². The van der Waals surface area contributed by atoms with E-state index in [2.05, 4.69) is 10.1 Å². The summed E-state index contributed by atoms with van der Waals surface area (Å²) in [6.07, 6.45) is 2.37. The maximum Gasteiger partial charge on any atom is 0.317 e. The van der Waals surface area contributed by atoms with Crippen molar-refractivity contribution in [1.29, 1.82) is 0 Å². The van der Waals surface area contributed by atoms with E-state index in [0.717, 1.165) is 12.0 Å². The van der Waals surface area contributed by atoms with Gasteiger partial charge in [0.15, 0.2) is 6.61 Å². The molecule has 0 unspecified atom stereocenters. The minimum atomic E-state index is -0.661. The zero-order valence-electron chi connectivity index (χ0n) is 15.2. The van der Waals surface area contributed by atoms with Crippen molar-refractivity contribution in [2.45, 2.75) is 31.3 Å². The van der Waals surface area contributed by atoms with Gasteiger partial charge in [0.05, 0.1) is 10.3 Å². The van der Waals surface area contributed by atoms with Gasteiger partial charge in [0.25, 0.3) is 11.6 Å². The van der Waals surface area contributed by atoms with Crippen LogP contribution in [0, 0.1) is 10.1 Å². The summed E-state index contributed by atoms with van der Waals surface area (Å²) in [5.74, 6) is 0.0837. The molecule has 1 aliphatic carbocycles. The highest BCUT2D eigenvalue weighted by Gasteiger charge is 2.47. The largest absolute Gasteiger partial charge is 0.455 e. The predicted octanol–water partition coefficient (Wildman–Crippen LogP) is 4.46. The number of hydrogen-bond donors (Lipinski definition) is 0. The molecule has 8 nitrogen and oxygen atoms in total. The molecule has 4 rings (SSSR count). The molecule has 148 valence electrons. The Labute approximate surface area is 170 Å². The highest BCUT2D eigenvalue weighted by molar-refractivity contribution is 6.30. The van der Waals surface area contributed by atoms with Gasteiger partial charge >= 0.3 is 5.97 Å². The van der Waals surface area contributed by atoms with Crippen LogP contribution in [0.2, 0.25) is 5.02 Å². The molecule has 1 fully saturated rings. The molecule has 1 aromatic heterocycles. The van der Waals surface area contributed by atoms with E-state index in [4.69, 9.17) is 20.9 Å². The van der Waals surface area contributed by atoms with Crippen molar-refractivity contribution in [1.82, 2.24) is 10.1 Å². The summed E-state index contributed by atoms with van der Waals surface area (Å²) >= 11 is 5.94. The highest BCUT2D eigenvalue weighted by Crippen LogP contribution is 2.45. The van der Waals surface area contributed by atoms with E-state index in [1.807, 2.05) is 12.1 Å². The van der Waals surface area contributed by atoms with Gasteiger partial charge in [-0.15, -0.1) is 0 Å². The molecule has 0 bridgehead atoms. The summed E-state index contributed by atoms with van der Waals surface area (Å²) in [6, 6.07) is 13.0. The van der Waals surface area contributed by atoms with Crippen molar-refractivity contribution in [2.75, 3.05) is 0 Å². The summed E-state index contributed by atoms with van der Waals surface area (Å²) in [4.78, 5) is 27.2. The van der Waals surface area contributed by atoms with Crippen molar-refractivity contribution in [3.8, 4) is 11.4 Å². The monoisotopic (exact) mass is 413 g/mol. The molecule has 0 atom stereocenters. The van der Waals surface area contributed by atoms with Crippen molar-refractivity contribution in [3.05, 3.63) is 75.1 Å². The standard InChI is InChI=1S/C20H16ClN3O5/c21-15-6-4-14(5-7-15)20(10-1-11-20)19(25)28-12-17-22-18(23-29-17)13-2-8-16(9-3-13)24(26)27/h2-9H,1,10-12H2. The fraction of sp³-hybridized carbons (Fsp3) is 0.250. The molecule has 0 radical (unpaired) electrons. The van der Waals surface area contributed by atoms with Gasteiger partial charge in [-0.05, 0) is 42.7 Å². The first kappa shape index (κ1) is 19.1. The molecule has 1 aliphatic rings. The van der Waals surface area contributed by atoms with Crippen LogP contribution in [0.4, 0.5) is 5.69 Å². The smallest absolute Gasteiger partial charge is 0.317 e. The lowest BCUT2D eigenvalue weighted by molar-refractivity contribution is -0.384. The quantitative estimate of drug-likeness (QED) is 0.333. The third-order valence-electron chi connectivity index (χ3n) is 5.13. The lowest BCUT2D eigenvalue weighted by Gasteiger charge is -2.39. The van der Waals surface area contributed by atoms with Crippen LogP contribution < -0.4 is 0 Å². The number of aromatic nitrogens is 2. The molecular weight excluding hydrogens is 398 g/mol. The van der Waals surface area contributed by atoms with E-state index in [1.165, 1.54) is 24.3 Å². The van der Waals surface area contributed by atoms with Crippen LogP contribution in [0.1, 0.15) is 30.7 Å². The molecule has 0 spiro atoms. The molecule has 29 heavy (non-hydrogen) atoms. The Morgan fingerprint density at radius 2 is 1.86 bits per heavy atom. The van der Waals surface area contributed by atoms with Gasteiger partial charge in [0.2, 0.25) is 5.82 Å². The molecule has 0 N–H and O–H groups in total. The number of halogens is 1. The van der Waals surface area contributed by atoms with Crippen LogP contribution >= 0.6 is 11.6 Å². The third-order valence-corrected chi connectivity index (χ3v) is 5.38. The lowest BCUT2D eigenvalue weighted by Crippen LogP contribution is -2.43. The average Bonchev–Trinajstić information content (AvgIpc) is 3.16. The Bertz CT molecular complexity index is 1040. The van der Waals surface area contributed by atoms with E-state index in [0.29, 0.717) is 23.4 Å². The normalized spacial score (nSPS) is 14.8. The first-order chi connectivity index (χ1) is 14.0. The molecular formula is C20H16ClN3O5. The first-order valence-corrected chi connectivity index (χ1v) is 9.36. The minimum Gasteiger partial charge on any atom is -0.455 e. The van der Waals surface area contributed by atoms with E-state index in [-0.39, 0.29) is 30.0 Å². The number of hydrogen-bond acceptors (Lipinski definition) is 7.